The third-order valence-corrected chi connectivity index (χ3v) is 3.99. The number of hydrazone groups is 1. The maximum Gasteiger partial charge on any atom is 0.303 e. The van der Waals surface area contributed by atoms with Gasteiger partial charge in [0.15, 0.2) is 11.5 Å². The van der Waals surface area contributed by atoms with Crippen molar-refractivity contribution in [3.63, 3.8) is 0 Å². The minimum absolute atomic E-state index is 0.0150. The maximum atomic E-state index is 12.4. The van der Waals surface area contributed by atoms with Gasteiger partial charge in [0.05, 0.1) is 25.8 Å². The molecule has 0 bridgehead atoms. The molecule has 0 saturated heterocycles. The lowest BCUT2D eigenvalue weighted by molar-refractivity contribution is -0.137. The number of hydrogen-bond donors (Lipinski definition) is 2. The Hall–Kier alpha value is -3.29. The van der Waals surface area contributed by atoms with Crippen LogP contribution in [0.25, 0.3) is 0 Å². The Balaban J connectivity index is 2.10. The van der Waals surface area contributed by atoms with E-state index in [1.807, 2.05) is 6.92 Å². The van der Waals surface area contributed by atoms with Gasteiger partial charge in [0.25, 0.3) is 5.91 Å². The van der Waals surface area contributed by atoms with Gasteiger partial charge in [-0.1, -0.05) is 0 Å². The summed E-state index contributed by atoms with van der Waals surface area (Å²) in [6.45, 7) is 5.85. The van der Waals surface area contributed by atoms with Gasteiger partial charge in [0.1, 0.15) is 11.5 Å². The second-order valence-electron chi connectivity index (χ2n) is 6.01. The van der Waals surface area contributed by atoms with Gasteiger partial charge in [-0.25, -0.2) is 5.43 Å². The first-order valence-electron chi connectivity index (χ1n) is 8.82. The summed E-state index contributed by atoms with van der Waals surface area (Å²) in [7, 11) is 1.51. The van der Waals surface area contributed by atoms with Crippen molar-refractivity contribution in [2.24, 2.45) is 5.10 Å². The number of benzene rings is 1. The smallest absolute Gasteiger partial charge is 0.303 e. The number of furan rings is 1. The van der Waals surface area contributed by atoms with Crippen molar-refractivity contribution in [2.45, 2.75) is 33.6 Å². The number of hydrogen-bond acceptors (Lipinski definition) is 6. The van der Waals surface area contributed by atoms with E-state index in [4.69, 9.17) is 19.0 Å². The molecule has 0 aliphatic heterocycles. The molecule has 8 heteroatoms. The molecule has 0 fully saturated rings. The van der Waals surface area contributed by atoms with Gasteiger partial charge in [-0.15, -0.1) is 0 Å². The third-order valence-electron chi connectivity index (χ3n) is 3.99. The zero-order valence-electron chi connectivity index (χ0n) is 16.4. The average Bonchev–Trinajstić information content (AvgIpc) is 3.05. The van der Waals surface area contributed by atoms with Crippen LogP contribution in [0, 0.1) is 6.92 Å². The highest BCUT2D eigenvalue weighted by atomic mass is 16.5. The first kappa shape index (κ1) is 21.0. The lowest BCUT2D eigenvalue weighted by Gasteiger charge is -2.10. The Bertz CT molecular complexity index is 885. The number of aliphatic carboxylic acids is 1. The van der Waals surface area contributed by atoms with Gasteiger partial charge in [-0.05, 0) is 45.0 Å². The van der Waals surface area contributed by atoms with E-state index in [-0.39, 0.29) is 6.42 Å². The Morgan fingerprint density at radius 3 is 2.64 bits per heavy atom. The number of carboxylic acid groups (broad SMARTS) is 1. The molecule has 0 aliphatic rings. The fraction of sp³-hybridized carbons (Fsp3) is 0.350. The number of methoxy groups -OCH3 is 1. The van der Waals surface area contributed by atoms with Crippen LogP contribution in [0.2, 0.25) is 0 Å². The van der Waals surface area contributed by atoms with Crippen molar-refractivity contribution in [3.05, 3.63) is 46.9 Å². The predicted molar refractivity (Wildman–Crippen MR) is 103 cm³/mol. The zero-order chi connectivity index (χ0) is 20.7. The summed E-state index contributed by atoms with van der Waals surface area (Å²) in [6.07, 6.45) is 0.278. The monoisotopic (exact) mass is 388 g/mol. The van der Waals surface area contributed by atoms with Gasteiger partial charge >= 0.3 is 5.97 Å². The molecule has 2 N–H and O–H groups in total. The number of rotatable bonds is 9. The van der Waals surface area contributed by atoms with Crippen molar-refractivity contribution in [1.29, 1.82) is 0 Å². The molecule has 1 heterocycles. The highest BCUT2D eigenvalue weighted by Crippen LogP contribution is 2.28. The van der Waals surface area contributed by atoms with E-state index < -0.39 is 11.9 Å². The number of nitrogens with zero attached hydrogens (tertiary/aromatic N) is 1. The van der Waals surface area contributed by atoms with Crippen molar-refractivity contribution < 1.29 is 28.6 Å². The normalized spacial score (nSPS) is 11.2. The fourth-order valence-corrected chi connectivity index (χ4v) is 2.60. The molecule has 2 aromatic rings. The van der Waals surface area contributed by atoms with Crippen LogP contribution in [-0.2, 0) is 11.2 Å². The Labute approximate surface area is 163 Å². The van der Waals surface area contributed by atoms with Crippen LogP contribution in [0.3, 0.4) is 0 Å². The number of carboxylic acids is 1. The molecule has 1 aromatic carbocycles. The van der Waals surface area contributed by atoms with Crippen LogP contribution < -0.4 is 14.9 Å². The third kappa shape index (κ3) is 5.35. The van der Waals surface area contributed by atoms with Crippen LogP contribution >= 0.6 is 0 Å². The molecule has 8 nitrogen and oxygen atoms in total. The van der Waals surface area contributed by atoms with E-state index >= 15 is 0 Å². The van der Waals surface area contributed by atoms with Crippen LogP contribution in [0.1, 0.15) is 47.7 Å². The molecular formula is C20H24N2O6. The summed E-state index contributed by atoms with van der Waals surface area (Å²) in [4.78, 5) is 23.1. The molecule has 2 rings (SSSR count). The lowest BCUT2D eigenvalue weighted by atomic mass is 10.1. The van der Waals surface area contributed by atoms with E-state index in [0.717, 1.165) is 0 Å². The zero-order valence-corrected chi connectivity index (χ0v) is 16.4. The highest BCUT2D eigenvalue weighted by Gasteiger charge is 2.13. The van der Waals surface area contributed by atoms with Gasteiger partial charge in [0.2, 0.25) is 0 Å². The minimum atomic E-state index is -0.890. The fourth-order valence-electron chi connectivity index (χ4n) is 2.60. The summed E-state index contributed by atoms with van der Waals surface area (Å²) < 4.78 is 16.2. The van der Waals surface area contributed by atoms with Gasteiger partial charge in [0, 0.05) is 17.5 Å². The summed E-state index contributed by atoms with van der Waals surface area (Å²) in [5, 5.41) is 12.9. The Kier molecular flexibility index (Phi) is 7.20. The Morgan fingerprint density at radius 1 is 1.25 bits per heavy atom. The topological polar surface area (TPSA) is 110 Å². The standard InChI is InChI=1S/C20H24N2O6/c1-5-27-17-8-6-14(10-18(17)26-4)20(25)22-21-12(2)16-11-15(28-13(16)3)7-9-19(23)24/h6,8,10-11H,5,7,9H2,1-4H3,(H,22,25)(H,23,24)/b21-12-. The number of aryl methyl sites for hydroxylation is 2. The van der Waals surface area contributed by atoms with Crippen LogP contribution in [-0.4, -0.2) is 36.4 Å². The number of amides is 1. The van der Waals surface area contributed by atoms with Gasteiger partial charge < -0.3 is 19.0 Å². The molecule has 28 heavy (non-hydrogen) atoms. The van der Waals surface area contributed by atoms with E-state index in [2.05, 4.69) is 10.5 Å². The molecule has 0 unspecified atom stereocenters. The summed E-state index contributed by atoms with van der Waals surface area (Å²) in [6, 6.07) is 6.62. The SMILES string of the molecule is CCOc1ccc(C(=O)N/N=C(/C)c2cc(CCC(=O)O)oc2C)cc1OC. The number of carbonyl (C=O) groups is 2. The van der Waals surface area contributed by atoms with Crippen molar-refractivity contribution >= 4 is 17.6 Å². The molecule has 0 radical (unpaired) electrons. The van der Waals surface area contributed by atoms with Crippen LogP contribution in [0.5, 0.6) is 11.5 Å². The quantitative estimate of drug-likeness (QED) is 0.504. The molecule has 0 spiro atoms. The van der Waals surface area contributed by atoms with Gasteiger partial charge in [-0.3, -0.25) is 9.59 Å². The lowest BCUT2D eigenvalue weighted by Crippen LogP contribution is -2.19. The van der Waals surface area contributed by atoms with Gasteiger partial charge in [-0.2, -0.15) is 5.10 Å². The number of nitrogens with one attached hydrogen (secondary N) is 1. The number of ether oxygens (including phenoxy) is 2. The van der Waals surface area contributed by atoms with Crippen molar-refractivity contribution in [3.8, 4) is 11.5 Å². The highest BCUT2D eigenvalue weighted by molar-refractivity contribution is 6.01. The Morgan fingerprint density at radius 2 is 2.00 bits per heavy atom. The van der Waals surface area contributed by atoms with Crippen LogP contribution in [0.15, 0.2) is 33.8 Å². The van der Waals surface area contributed by atoms with E-state index in [1.54, 1.807) is 38.1 Å². The number of carbonyl (C=O) groups excluding carboxylic acids is 1. The van der Waals surface area contributed by atoms with E-state index in [1.165, 1.54) is 7.11 Å². The molecular weight excluding hydrogens is 364 g/mol. The first-order chi connectivity index (χ1) is 13.3. The van der Waals surface area contributed by atoms with E-state index in [9.17, 15) is 9.59 Å². The first-order valence-corrected chi connectivity index (χ1v) is 8.82. The molecule has 150 valence electrons. The summed E-state index contributed by atoms with van der Waals surface area (Å²) in [5.41, 5.74) is 4.14. The van der Waals surface area contributed by atoms with Crippen LogP contribution in [0.4, 0.5) is 0 Å². The molecule has 1 aromatic heterocycles. The molecule has 1 amide bonds. The second-order valence-corrected chi connectivity index (χ2v) is 6.01. The average molecular weight is 388 g/mol. The molecule has 0 atom stereocenters. The molecule has 0 aliphatic carbocycles. The van der Waals surface area contributed by atoms with Crippen molar-refractivity contribution in [2.75, 3.05) is 13.7 Å². The summed E-state index contributed by atoms with van der Waals surface area (Å²) >= 11 is 0. The predicted octanol–water partition coefficient (Wildman–Crippen LogP) is 3.17. The largest absolute Gasteiger partial charge is 0.493 e. The maximum absolute atomic E-state index is 12.4. The van der Waals surface area contributed by atoms with Crippen molar-refractivity contribution in [1.82, 2.24) is 5.43 Å². The summed E-state index contributed by atoms with van der Waals surface area (Å²) in [5.74, 6) is 0.908. The minimum Gasteiger partial charge on any atom is -0.493 e. The second kappa shape index (κ2) is 9.59. The van der Waals surface area contributed by atoms with E-state index in [0.29, 0.717) is 52.9 Å². The molecule has 0 saturated carbocycles.